The molecular weight excluding hydrogens is 256 g/mol. The Bertz CT molecular complexity index is 448. The highest BCUT2D eigenvalue weighted by atomic mass is 16.5. The molecule has 0 aliphatic carbocycles. The van der Waals surface area contributed by atoms with Gasteiger partial charge < -0.3 is 15.2 Å². The zero-order valence-electron chi connectivity index (χ0n) is 12.0. The van der Waals surface area contributed by atoms with E-state index in [1.54, 1.807) is 14.0 Å². The van der Waals surface area contributed by atoms with Gasteiger partial charge in [0.2, 0.25) is 5.91 Å². The number of hydrogen-bond donors (Lipinski definition) is 2. The van der Waals surface area contributed by atoms with Gasteiger partial charge in [0, 0.05) is 20.1 Å². The van der Waals surface area contributed by atoms with E-state index in [4.69, 9.17) is 4.74 Å². The van der Waals surface area contributed by atoms with Gasteiger partial charge in [0.05, 0.1) is 6.54 Å². The molecule has 1 saturated heterocycles. The number of likely N-dealkylation sites (N-methyl/N-ethyl adjacent to an activating group) is 1. The van der Waals surface area contributed by atoms with Crippen molar-refractivity contribution < 1.29 is 14.6 Å². The highest BCUT2D eigenvalue weighted by Crippen LogP contribution is 2.26. The average Bonchev–Trinajstić information content (AvgIpc) is 2.44. The number of rotatable bonds is 4. The number of benzene rings is 1. The Kier molecular flexibility index (Phi) is 4.62. The Morgan fingerprint density at radius 1 is 1.50 bits per heavy atom. The molecule has 0 unspecified atom stereocenters. The maximum Gasteiger partial charge on any atom is 0.233 e. The number of hydrogen-bond acceptors (Lipinski definition) is 4. The molecular formula is C15H22N2O3. The lowest BCUT2D eigenvalue weighted by atomic mass is 9.90. The predicted octanol–water partition coefficient (Wildman–Crippen LogP) is 0.637. The first-order chi connectivity index (χ1) is 9.51. The van der Waals surface area contributed by atoms with Gasteiger partial charge in [-0.25, -0.2) is 0 Å². The number of para-hydroxylation sites is 1. The van der Waals surface area contributed by atoms with Crippen molar-refractivity contribution in [3.8, 4) is 5.75 Å². The number of nitrogens with zero attached hydrogens (tertiary/aromatic N) is 1. The summed E-state index contributed by atoms with van der Waals surface area (Å²) < 4.78 is 5.89. The largest absolute Gasteiger partial charge is 0.486 e. The van der Waals surface area contributed by atoms with E-state index < -0.39 is 5.60 Å². The van der Waals surface area contributed by atoms with E-state index in [1.165, 1.54) is 0 Å². The number of ether oxygens (including phenoxy) is 1. The Morgan fingerprint density at radius 2 is 2.20 bits per heavy atom. The molecule has 2 atom stereocenters. The molecule has 5 nitrogen and oxygen atoms in total. The fourth-order valence-corrected chi connectivity index (χ4v) is 2.32. The van der Waals surface area contributed by atoms with Gasteiger partial charge in [-0.05, 0) is 25.5 Å². The van der Waals surface area contributed by atoms with E-state index >= 15 is 0 Å². The van der Waals surface area contributed by atoms with Crippen LogP contribution in [0.2, 0.25) is 0 Å². The number of piperidine rings is 1. The van der Waals surface area contributed by atoms with Crippen LogP contribution in [0, 0.1) is 0 Å². The van der Waals surface area contributed by atoms with E-state index in [2.05, 4.69) is 5.32 Å². The van der Waals surface area contributed by atoms with Crippen LogP contribution in [0.4, 0.5) is 0 Å². The molecule has 20 heavy (non-hydrogen) atoms. The fourth-order valence-electron chi connectivity index (χ4n) is 2.32. The monoisotopic (exact) mass is 278 g/mol. The molecule has 110 valence electrons. The number of nitrogens with one attached hydrogen (secondary N) is 1. The molecule has 1 amide bonds. The van der Waals surface area contributed by atoms with Crippen LogP contribution in [0.1, 0.15) is 13.3 Å². The third kappa shape index (κ3) is 3.71. The predicted molar refractivity (Wildman–Crippen MR) is 76.6 cm³/mol. The van der Waals surface area contributed by atoms with Crippen molar-refractivity contribution in [2.45, 2.75) is 25.0 Å². The second-order valence-corrected chi connectivity index (χ2v) is 5.44. The molecule has 1 aromatic rings. The van der Waals surface area contributed by atoms with Crippen LogP contribution in [0.15, 0.2) is 30.3 Å². The highest BCUT2D eigenvalue weighted by molar-refractivity contribution is 5.77. The van der Waals surface area contributed by atoms with Crippen molar-refractivity contribution >= 4 is 5.91 Å². The molecule has 0 radical (unpaired) electrons. The second-order valence-electron chi connectivity index (χ2n) is 5.44. The Morgan fingerprint density at radius 3 is 2.85 bits per heavy atom. The zero-order valence-corrected chi connectivity index (χ0v) is 12.0. The molecule has 1 heterocycles. The summed E-state index contributed by atoms with van der Waals surface area (Å²) in [6, 6.07) is 9.45. The lowest BCUT2D eigenvalue weighted by Crippen LogP contribution is -2.57. The van der Waals surface area contributed by atoms with Crippen LogP contribution in [0.25, 0.3) is 0 Å². The van der Waals surface area contributed by atoms with Gasteiger partial charge in [0.15, 0.2) is 0 Å². The molecule has 0 aromatic heterocycles. The van der Waals surface area contributed by atoms with Crippen LogP contribution in [0.3, 0.4) is 0 Å². The lowest BCUT2D eigenvalue weighted by Gasteiger charge is -2.42. The molecule has 0 saturated carbocycles. The van der Waals surface area contributed by atoms with Crippen LogP contribution in [-0.2, 0) is 4.79 Å². The smallest absolute Gasteiger partial charge is 0.233 e. The van der Waals surface area contributed by atoms with Crippen molar-refractivity contribution in [1.82, 2.24) is 10.2 Å². The Balaban J connectivity index is 2.02. The lowest BCUT2D eigenvalue weighted by molar-refractivity contribution is -0.126. The number of aliphatic hydroxyl groups is 1. The van der Waals surface area contributed by atoms with Gasteiger partial charge in [-0.15, -0.1) is 0 Å². The zero-order chi connectivity index (χ0) is 14.6. The van der Waals surface area contributed by atoms with Crippen molar-refractivity contribution in [2.75, 3.05) is 26.7 Å². The number of amides is 1. The van der Waals surface area contributed by atoms with Gasteiger partial charge in [0.1, 0.15) is 17.5 Å². The quantitative estimate of drug-likeness (QED) is 0.848. The van der Waals surface area contributed by atoms with Gasteiger partial charge in [-0.1, -0.05) is 18.2 Å². The molecule has 1 fully saturated rings. The van der Waals surface area contributed by atoms with Crippen molar-refractivity contribution in [1.29, 1.82) is 0 Å². The van der Waals surface area contributed by atoms with Gasteiger partial charge in [0.25, 0.3) is 0 Å². The maximum atomic E-state index is 11.5. The first-order valence-corrected chi connectivity index (χ1v) is 6.88. The maximum absolute atomic E-state index is 11.5. The Labute approximate surface area is 119 Å². The first-order valence-electron chi connectivity index (χ1n) is 6.88. The van der Waals surface area contributed by atoms with E-state index in [0.29, 0.717) is 26.1 Å². The molecule has 0 bridgehead atoms. The minimum atomic E-state index is -0.880. The molecule has 5 heteroatoms. The summed E-state index contributed by atoms with van der Waals surface area (Å²) in [7, 11) is 1.63. The van der Waals surface area contributed by atoms with Crippen LogP contribution in [0.5, 0.6) is 5.75 Å². The molecule has 1 aromatic carbocycles. The van der Waals surface area contributed by atoms with E-state index in [0.717, 1.165) is 5.75 Å². The Hall–Kier alpha value is -1.59. The summed E-state index contributed by atoms with van der Waals surface area (Å²) in [4.78, 5) is 13.5. The third-order valence-corrected chi connectivity index (χ3v) is 3.72. The summed E-state index contributed by atoms with van der Waals surface area (Å²) in [6.07, 6.45) is 0.241. The molecule has 2 N–H and O–H groups in total. The third-order valence-electron chi connectivity index (χ3n) is 3.72. The molecule has 2 rings (SSSR count). The number of carbonyl (C=O) groups is 1. The molecule has 1 aliphatic heterocycles. The number of carbonyl (C=O) groups excluding carboxylic acids is 1. The van der Waals surface area contributed by atoms with Crippen LogP contribution >= 0.6 is 0 Å². The van der Waals surface area contributed by atoms with Gasteiger partial charge in [-0.3, -0.25) is 9.69 Å². The van der Waals surface area contributed by atoms with Crippen molar-refractivity contribution in [2.24, 2.45) is 0 Å². The van der Waals surface area contributed by atoms with Gasteiger partial charge >= 0.3 is 0 Å². The normalized spacial score (nSPS) is 27.1. The van der Waals surface area contributed by atoms with E-state index in [1.807, 2.05) is 35.2 Å². The highest BCUT2D eigenvalue weighted by Gasteiger charge is 2.39. The minimum Gasteiger partial charge on any atom is -0.486 e. The van der Waals surface area contributed by atoms with Crippen LogP contribution in [-0.4, -0.2) is 54.3 Å². The topological polar surface area (TPSA) is 61.8 Å². The summed E-state index contributed by atoms with van der Waals surface area (Å²) in [5.74, 6) is 0.713. The standard InChI is InChI=1S/C15H22N2O3/c1-15(19)8-9-17(11-14(18)16-2)10-13(15)20-12-6-4-3-5-7-12/h3-7,13,19H,8-11H2,1-2H3,(H,16,18)/t13-,15-/m0/s1. The fraction of sp³-hybridized carbons (Fsp3) is 0.533. The summed E-state index contributed by atoms with van der Waals surface area (Å²) in [6.45, 7) is 3.35. The van der Waals surface area contributed by atoms with Gasteiger partial charge in [-0.2, -0.15) is 0 Å². The SMILES string of the molecule is CNC(=O)CN1CC[C@](C)(O)[C@@H](Oc2ccccc2)C1. The molecule has 0 spiro atoms. The molecule has 1 aliphatic rings. The van der Waals surface area contributed by atoms with E-state index in [9.17, 15) is 9.90 Å². The summed E-state index contributed by atoms with van der Waals surface area (Å²) >= 11 is 0. The average molecular weight is 278 g/mol. The summed E-state index contributed by atoms with van der Waals surface area (Å²) in [5, 5.41) is 13.1. The van der Waals surface area contributed by atoms with Crippen molar-refractivity contribution in [3.05, 3.63) is 30.3 Å². The van der Waals surface area contributed by atoms with Crippen LogP contribution < -0.4 is 10.1 Å². The minimum absolute atomic E-state index is 0.0231. The summed E-state index contributed by atoms with van der Waals surface area (Å²) in [5.41, 5.74) is -0.880. The first kappa shape index (κ1) is 14.8. The van der Waals surface area contributed by atoms with Crippen molar-refractivity contribution in [3.63, 3.8) is 0 Å². The second kappa shape index (κ2) is 6.24. The number of likely N-dealkylation sites (tertiary alicyclic amines) is 1. The van der Waals surface area contributed by atoms with E-state index in [-0.39, 0.29) is 12.0 Å².